The van der Waals surface area contributed by atoms with Gasteiger partial charge in [0.05, 0.1) is 12.2 Å². The molecule has 3 rings (SSSR count). The maximum Gasteiger partial charge on any atom is 0.137 e. The maximum absolute atomic E-state index is 4.52. The number of fused-ring (bicyclic) bond motifs is 1. The Morgan fingerprint density at radius 2 is 2.17 bits per heavy atom. The van der Waals surface area contributed by atoms with Crippen LogP contribution in [0.25, 0.3) is 5.65 Å². The number of hydrogen-bond acceptors (Lipinski definition) is 3. The predicted octanol–water partition coefficient (Wildman–Crippen LogP) is 2.65. The first kappa shape index (κ1) is 10.8. The largest absolute Gasteiger partial charge is 0.364 e. The molecule has 3 aromatic rings. The highest BCUT2D eigenvalue weighted by molar-refractivity contribution is 5.41. The lowest BCUT2D eigenvalue weighted by Gasteiger charge is -2.02. The summed E-state index contributed by atoms with van der Waals surface area (Å²) in [7, 11) is 0. The van der Waals surface area contributed by atoms with Crippen LogP contribution in [0.3, 0.4) is 0 Å². The number of pyridine rings is 2. The van der Waals surface area contributed by atoms with Crippen LogP contribution in [-0.2, 0) is 6.54 Å². The third kappa shape index (κ3) is 2.18. The van der Waals surface area contributed by atoms with Gasteiger partial charge in [0.15, 0.2) is 0 Å². The van der Waals surface area contributed by atoms with Crippen LogP contribution in [0.1, 0.15) is 11.3 Å². The molecule has 0 aliphatic carbocycles. The van der Waals surface area contributed by atoms with Crippen molar-refractivity contribution >= 4 is 11.5 Å². The van der Waals surface area contributed by atoms with Gasteiger partial charge >= 0.3 is 0 Å². The fraction of sp³-hybridized carbons (Fsp3) is 0.143. The molecule has 0 radical (unpaired) electrons. The molecule has 3 heterocycles. The summed E-state index contributed by atoms with van der Waals surface area (Å²) >= 11 is 0. The second-order valence-electron chi connectivity index (χ2n) is 4.27. The van der Waals surface area contributed by atoms with E-state index >= 15 is 0 Å². The molecular formula is C14H14N4. The minimum Gasteiger partial charge on any atom is -0.364 e. The van der Waals surface area contributed by atoms with Crippen LogP contribution in [0.4, 0.5) is 5.82 Å². The van der Waals surface area contributed by atoms with E-state index in [2.05, 4.69) is 15.3 Å². The zero-order valence-corrected chi connectivity index (χ0v) is 10.2. The highest BCUT2D eigenvalue weighted by Crippen LogP contribution is 2.08. The van der Waals surface area contributed by atoms with Gasteiger partial charge in [-0.25, -0.2) is 9.97 Å². The molecular weight excluding hydrogens is 224 g/mol. The summed E-state index contributed by atoms with van der Waals surface area (Å²) in [5.74, 6) is 0.873. The van der Waals surface area contributed by atoms with Gasteiger partial charge in [0, 0.05) is 18.6 Å². The smallest absolute Gasteiger partial charge is 0.137 e. The minimum atomic E-state index is 0.678. The van der Waals surface area contributed by atoms with Gasteiger partial charge in [-0.3, -0.25) is 0 Å². The van der Waals surface area contributed by atoms with Crippen molar-refractivity contribution in [2.24, 2.45) is 0 Å². The molecule has 0 bridgehead atoms. The maximum atomic E-state index is 4.52. The molecule has 0 fully saturated rings. The minimum absolute atomic E-state index is 0.678. The van der Waals surface area contributed by atoms with Crippen LogP contribution >= 0.6 is 0 Å². The van der Waals surface area contributed by atoms with E-state index in [-0.39, 0.29) is 0 Å². The second-order valence-corrected chi connectivity index (χ2v) is 4.27. The predicted molar refractivity (Wildman–Crippen MR) is 71.5 cm³/mol. The monoisotopic (exact) mass is 238 g/mol. The van der Waals surface area contributed by atoms with Crippen molar-refractivity contribution < 1.29 is 0 Å². The van der Waals surface area contributed by atoms with E-state index in [9.17, 15) is 0 Å². The first-order valence-electron chi connectivity index (χ1n) is 5.90. The van der Waals surface area contributed by atoms with Gasteiger partial charge < -0.3 is 9.72 Å². The Labute approximate surface area is 105 Å². The Hall–Kier alpha value is -2.36. The summed E-state index contributed by atoms with van der Waals surface area (Å²) in [6.45, 7) is 2.70. The van der Waals surface area contributed by atoms with Crippen molar-refractivity contribution in [3.63, 3.8) is 0 Å². The van der Waals surface area contributed by atoms with Crippen molar-refractivity contribution in [2.75, 3.05) is 5.32 Å². The van der Waals surface area contributed by atoms with Crippen molar-refractivity contribution in [3.05, 3.63) is 60.2 Å². The van der Waals surface area contributed by atoms with E-state index in [1.54, 1.807) is 0 Å². The lowest BCUT2D eigenvalue weighted by Crippen LogP contribution is -2.01. The van der Waals surface area contributed by atoms with E-state index in [4.69, 9.17) is 0 Å². The standard InChI is InChI=1S/C14H14N4/c1-11-5-6-13(15-8-11)16-9-12-10-18-7-3-2-4-14(18)17-12/h2-8,10H,9H2,1H3,(H,15,16). The molecule has 0 saturated heterocycles. The third-order valence-corrected chi connectivity index (χ3v) is 2.78. The summed E-state index contributed by atoms with van der Waals surface area (Å²) in [4.78, 5) is 8.82. The molecule has 0 spiro atoms. The Bertz CT molecular complexity index is 622. The zero-order chi connectivity index (χ0) is 12.4. The summed E-state index contributed by atoms with van der Waals surface area (Å²) < 4.78 is 2.01. The SMILES string of the molecule is Cc1ccc(NCc2cn3ccccc3n2)nc1. The van der Waals surface area contributed by atoms with Gasteiger partial charge in [-0.2, -0.15) is 0 Å². The van der Waals surface area contributed by atoms with Crippen LogP contribution in [-0.4, -0.2) is 14.4 Å². The molecule has 0 amide bonds. The van der Waals surface area contributed by atoms with Gasteiger partial charge in [0.2, 0.25) is 0 Å². The van der Waals surface area contributed by atoms with Gasteiger partial charge in [-0.15, -0.1) is 0 Å². The van der Waals surface area contributed by atoms with Gasteiger partial charge in [-0.1, -0.05) is 12.1 Å². The Morgan fingerprint density at radius 3 is 2.94 bits per heavy atom. The number of rotatable bonds is 3. The molecule has 3 aromatic heterocycles. The van der Waals surface area contributed by atoms with E-state index < -0.39 is 0 Å². The number of imidazole rings is 1. The summed E-state index contributed by atoms with van der Waals surface area (Å²) in [5.41, 5.74) is 3.13. The first-order valence-corrected chi connectivity index (χ1v) is 5.90. The molecule has 4 nitrogen and oxygen atoms in total. The molecule has 0 saturated carbocycles. The molecule has 0 unspecified atom stereocenters. The molecule has 0 atom stereocenters. The fourth-order valence-corrected chi connectivity index (χ4v) is 1.83. The summed E-state index contributed by atoms with van der Waals surface area (Å²) in [6, 6.07) is 9.99. The van der Waals surface area contributed by atoms with E-state index in [1.807, 2.05) is 60.2 Å². The number of aryl methyl sites for hydroxylation is 1. The van der Waals surface area contributed by atoms with E-state index in [0.717, 1.165) is 22.7 Å². The second kappa shape index (κ2) is 4.49. The highest BCUT2D eigenvalue weighted by Gasteiger charge is 2.00. The van der Waals surface area contributed by atoms with Crippen LogP contribution < -0.4 is 5.32 Å². The first-order chi connectivity index (χ1) is 8.81. The highest BCUT2D eigenvalue weighted by atomic mass is 15.0. The lowest BCUT2D eigenvalue weighted by atomic mass is 10.3. The van der Waals surface area contributed by atoms with E-state index in [0.29, 0.717) is 6.54 Å². The van der Waals surface area contributed by atoms with Crippen LogP contribution in [0.15, 0.2) is 48.9 Å². The Morgan fingerprint density at radius 1 is 1.22 bits per heavy atom. The summed E-state index contributed by atoms with van der Waals surface area (Å²) in [6.07, 6.45) is 5.87. The molecule has 4 heteroatoms. The molecule has 90 valence electrons. The van der Waals surface area contributed by atoms with Crippen LogP contribution in [0, 0.1) is 6.92 Å². The van der Waals surface area contributed by atoms with Crippen molar-refractivity contribution in [3.8, 4) is 0 Å². The molecule has 0 aromatic carbocycles. The average Bonchev–Trinajstić information content (AvgIpc) is 2.81. The lowest BCUT2D eigenvalue weighted by molar-refractivity contribution is 1.05. The van der Waals surface area contributed by atoms with Gasteiger partial charge in [0.25, 0.3) is 0 Å². The number of anilines is 1. The van der Waals surface area contributed by atoms with E-state index in [1.165, 1.54) is 0 Å². The summed E-state index contributed by atoms with van der Waals surface area (Å²) in [5, 5.41) is 3.26. The normalized spacial score (nSPS) is 10.7. The zero-order valence-electron chi connectivity index (χ0n) is 10.2. The Kier molecular flexibility index (Phi) is 2.68. The Balaban J connectivity index is 1.74. The van der Waals surface area contributed by atoms with Crippen LogP contribution in [0.2, 0.25) is 0 Å². The van der Waals surface area contributed by atoms with Crippen molar-refractivity contribution in [2.45, 2.75) is 13.5 Å². The van der Waals surface area contributed by atoms with Gasteiger partial charge in [0.1, 0.15) is 11.5 Å². The number of aromatic nitrogens is 3. The van der Waals surface area contributed by atoms with Crippen LogP contribution in [0.5, 0.6) is 0 Å². The number of hydrogen-bond donors (Lipinski definition) is 1. The quantitative estimate of drug-likeness (QED) is 0.762. The van der Waals surface area contributed by atoms with Crippen molar-refractivity contribution in [1.29, 1.82) is 0 Å². The number of nitrogens with zero attached hydrogens (tertiary/aromatic N) is 3. The molecule has 0 aliphatic heterocycles. The topological polar surface area (TPSA) is 42.2 Å². The molecule has 0 aliphatic rings. The fourth-order valence-electron chi connectivity index (χ4n) is 1.83. The molecule has 18 heavy (non-hydrogen) atoms. The van der Waals surface area contributed by atoms with Crippen molar-refractivity contribution in [1.82, 2.24) is 14.4 Å². The van der Waals surface area contributed by atoms with Gasteiger partial charge in [-0.05, 0) is 30.7 Å². The average molecular weight is 238 g/mol. The molecule has 1 N–H and O–H groups in total. The third-order valence-electron chi connectivity index (χ3n) is 2.78. The number of nitrogens with one attached hydrogen (secondary N) is 1.